The van der Waals surface area contributed by atoms with Gasteiger partial charge in [0.25, 0.3) is 5.91 Å². The lowest BCUT2D eigenvalue weighted by molar-refractivity contribution is -0.127. The van der Waals surface area contributed by atoms with Gasteiger partial charge in [-0.1, -0.05) is 62.2 Å². The molecule has 4 nitrogen and oxygen atoms in total. The maximum Gasteiger partial charge on any atom is 0.256 e. The van der Waals surface area contributed by atoms with Crippen LogP contribution in [0.5, 0.6) is 0 Å². The molecule has 0 saturated carbocycles. The fraction of sp³-hybridized carbons (Fsp3) is 0.273. The highest BCUT2D eigenvalue weighted by Gasteiger charge is 2.33. The molecule has 5 heteroatoms. The number of benzene rings is 2. The van der Waals surface area contributed by atoms with E-state index in [1.165, 1.54) is 4.90 Å². The molecule has 1 N–H and O–H groups in total. The molecule has 1 unspecified atom stereocenters. The number of halogens is 1. The Kier molecular flexibility index (Phi) is 7.86. The Balaban J connectivity index is 2.24. The van der Waals surface area contributed by atoms with E-state index in [4.69, 9.17) is 6.42 Å². The predicted molar refractivity (Wildman–Crippen MR) is 116 cm³/mol. The third-order valence-electron chi connectivity index (χ3n) is 4.17. The molecule has 0 heterocycles. The Morgan fingerprint density at radius 2 is 1.74 bits per heavy atom. The summed E-state index contributed by atoms with van der Waals surface area (Å²) in [5, 5.41) is 2.94. The first-order valence-corrected chi connectivity index (χ1v) is 9.84. The van der Waals surface area contributed by atoms with E-state index < -0.39 is 6.04 Å². The van der Waals surface area contributed by atoms with Crippen LogP contribution in [0.25, 0.3) is 0 Å². The third-order valence-corrected chi connectivity index (χ3v) is 5.11. The minimum Gasteiger partial charge on any atom is -0.350 e. The second-order valence-electron chi connectivity index (χ2n) is 6.51. The van der Waals surface area contributed by atoms with Crippen LogP contribution in [0.1, 0.15) is 29.8 Å². The number of rotatable bonds is 7. The van der Waals surface area contributed by atoms with Gasteiger partial charge in [0.05, 0.1) is 12.1 Å². The summed E-state index contributed by atoms with van der Waals surface area (Å²) in [5.74, 6) is 2.01. The fourth-order valence-electron chi connectivity index (χ4n) is 2.88. The van der Waals surface area contributed by atoms with Gasteiger partial charge >= 0.3 is 0 Å². The van der Waals surface area contributed by atoms with Gasteiger partial charge in [0.1, 0.15) is 6.04 Å². The van der Waals surface area contributed by atoms with E-state index in [-0.39, 0.29) is 24.3 Å². The topological polar surface area (TPSA) is 49.4 Å². The van der Waals surface area contributed by atoms with Gasteiger partial charge in [-0.15, -0.1) is 6.42 Å². The number of carbonyl (C=O) groups excluding carboxylic acids is 2. The Morgan fingerprint density at radius 3 is 2.33 bits per heavy atom. The van der Waals surface area contributed by atoms with Gasteiger partial charge in [-0.3, -0.25) is 9.59 Å². The molecule has 0 aliphatic heterocycles. The van der Waals surface area contributed by atoms with Crippen molar-refractivity contribution in [3.05, 3.63) is 69.3 Å². The molecule has 0 aromatic heterocycles. The molecule has 0 fully saturated rings. The van der Waals surface area contributed by atoms with Crippen molar-refractivity contribution in [3.8, 4) is 12.3 Å². The van der Waals surface area contributed by atoms with Crippen LogP contribution in [0.3, 0.4) is 0 Å². The number of amides is 2. The van der Waals surface area contributed by atoms with Gasteiger partial charge in [-0.05, 0) is 46.2 Å². The first kappa shape index (κ1) is 21.0. The Morgan fingerprint density at radius 1 is 1.11 bits per heavy atom. The molecule has 0 spiro atoms. The van der Waals surface area contributed by atoms with Crippen molar-refractivity contribution in [1.82, 2.24) is 10.2 Å². The van der Waals surface area contributed by atoms with E-state index in [1.807, 2.05) is 62.4 Å². The van der Waals surface area contributed by atoms with Crippen molar-refractivity contribution in [1.29, 1.82) is 0 Å². The van der Waals surface area contributed by atoms with Gasteiger partial charge in [0.2, 0.25) is 5.91 Å². The van der Waals surface area contributed by atoms with Crippen LogP contribution in [0.2, 0.25) is 0 Å². The molecule has 0 bridgehead atoms. The van der Waals surface area contributed by atoms with Crippen molar-refractivity contribution >= 4 is 34.4 Å². The van der Waals surface area contributed by atoms with Crippen molar-refractivity contribution in [2.45, 2.75) is 26.4 Å². The van der Waals surface area contributed by atoms with Crippen LogP contribution in [-0.2, 0) is 11.3 Å². The summed E-state index contributed by atoms with van der Waals surface area (Å²) in [6.07, 6.45) is 5.51. The fourth-order valence-corrected chi connectivity index (χ4v) is 3.50. The highest BCUT2D eigenvalue weighted by atomic mass is 127. The summed E-state index contributed by atoms with van der Waals surface area (Å²) in [5.41, 5.74) is 1.55. The van der Waals surface area contributed by atoms with Crippen LogP contribution in [0.15, 0.2) is 54.6 Å². The lowest BCUT2D eigenvalue weighted by atomic mass is 10.00. The number of nitrogens with zero attached hydrogens (tertiary/aromatic N) is 1. The van der Waals surface area contributed by atoms with Crippen molar-refractivity contribution in [2.24, 2.45) is 5.92 Å². The summed E-state index contributed by atoms with van der Waals surface area (Å²) < 4.78 is 0.828. The largest absolute Gasteiger partial charge is 0.350 e. The normalized spacial score (nSPS) is 11.5. The van der Waals surface area contributed by atoms with Crippen LogP contribution >= 0.6 is 22.6 Å². The number of terminal acetylenes is 1. The summed E-state index contributed by atoms with van der Waals surface area (Å²) in [4.78, 5) is 27.5. The van der Waals surface area contributed by atoms with E-state index in [0.717, 1.165) is 9.13 Å². The first-order chi connectivity index (χ1) is 13.0. The summed E-state index contributed by atoms with van der Waals surface area (Å²) in [6, 6.07) is 16.3. The van der Waals surface area contributed by atoms with Gasteiger partial charge in [-0.2, -0.15) is 0 Å². The quantitative estimate of drug-likeness (QED) is 0.492. The zero-order valence-electron chi connectivity index (χ0n) is 15.5. The Labute approximate surface area is 174 Å². The standard InChI is InChI=1S/C22H23IN2O2/c1-4-14-25(22(27)18-12-8-9-13-19(18)23)20(16(2)3)21(26)24-15-17-10-6-5-7-11-17/h1,5-13,16,20H,14-15H2,2-3H3,(H,24,26). The Hall–Kier alpha value is -2.33. The molecular formula is C22H23IN2O2. The van der Waals surface area contributed by atoms with Crippen molar-refractivity contribution in [3.63, 3.8) is 0 Å². The number of hydrogen-bond acceptors (Lipinski definition) is 2. The molecule has 1 atom stereocenters. The lowest BCUT2D eigenvalue weighted by Crippen LogP contribution is -2.52. The average Bonchev–Trinajstić information content (AvgIpc) is 2.66. The monoisotopic (exact) mass is 474 g/mol. The molecule has 2 amide bonds. The summed E-state index contributed by atoms with van der Waals surface area (Å²) >= 11 is 2.12. The van der Waals surface area contributed by atoms with Gasteiger partial charge in [0.15, 0.2) is 0 Å². The zero-order chi connectivity index (χ0) is 19.8. The zero-order valence-corrected chi connectivity index (χ0v) is 17.6. The smallest absolute Gasteiger partial charge is 0.256 e. The van der Waals surface area contributed by atoms with Gasteiger partial charge < -0.3 is 10.2 Å². The average molecular weight is 474 g/mol. The van der Waals surface area contributed by atoms with E-state index >= 15 is 0 Å². The molecule has 27 heavy (non-hydrogen) atoms. The minimum atomic E-state index is -0.645. The molecule has 0 saturated heterocycles. The second kappa shape index (κ2) is 10.1. The molecule has 0 aliphatic rings. The number of carbonyl (C=O) groups is 2. The number of hydrogen-bond donors (Lipinski definition) is 1. The molecular weight excluding hydrogens is 451 g/mol. The molecule has 0 radical (unpaired) electrons. The van der Waals surface area contributed by atoms with Crippen LogP contribution < -0.4 is 5.32 Å². The molecule has 2 rings (SSSR count). The Bertz CT molecular complexity index is 828. The SMILES string of the molecule is C#CCN(C(=O)c1ccccc1I)C(C(=O)NCc1ccccc1)C(C)C. The van der Waals surface area contributed by atoms with E-state index in [2.05, 4.69) is 33.8 Å². The highest BCUT2D eigenvalue weighted by Crippen LogP contribution is 2.19. The first-order valence-electron chi connectivity index (χ1n) is 8.76. The highest BCUT2D eigenvalue weighted by molar-refractivity contribution is 14.1. The van der Waals surface area contributed by atoms with Crippen molar-refractivity contribution < 1.29 is 9.59 Å². The molecule has 0 aliphatic carbocycles. The van der Waals surface area contributed by atoms with Crippen LogP contribution in [0, 0.1) is 21.8 Å². The maximum atomic E-state index is 13.1. The second-order valence-corrected chi connectivity index (χ2v) is 7.67. The van der Waals surface area contributed by atoms with E-state index in [9.17, 15) is 9.59 Å². The van der Waals surface area contributed by atoms with Crippen molar-refractivity contribution in [2.75, 3.05) is 6.54 Å². The molecule has 2 aromatic rings. The van der Waals surface area contributed by atoms with Gasteiger partial charge in [-0.25, -0.2) is 0 Å². The van der Waals surface area contributed by atoms with E-state index in [1.54, 1.807) is 6.07 Å². The maximum absolute atomic E-state index is 13.1. The van der Waals surface area contributed by atoms with E-state index in [0.29, 0.717) is 12.1 Å². The minimum absolute atomic E-state index is 0.0748. The van der Waals surface area contributed by atoms with Crippen LogP contribution in [0.4, 0.5) is 0 Å². The summed E-state index contributed by atoms with van der Waals surface area (Å²) in [6.45, 7) is 4.31. The van der Waals surface area contributed by atoms with Gasteiger partial charge in [0, 0.05) is 10.1 Å². The predicted octanol–water partition coefficient (Wildman–Crippen LogP) is 3.71. The van der Waals surface area contributed by atoms with Crippen LogP contribution in [-0.4, -0.2) is 29.3 Å². The third kappa shape index (κ3) is 5.57. The summed E-state index contributed by atoms with van der Waals surface area (Å²) in [7, 11) is 0. The molecule has 140 valence electrons. The lowest BCUT2D eigenvalue weighted by Gasteiger charge is -2.32. The molecule has 2 aromatic carbocycles. The number of nitrogens with one attached hydrogen (secondary N) is 1.